The molecule has 1 aliphatic rings. The number of aliphatic hydroxyl groups excluding tert-OH is 1. The van der Waals surface area contributed by atoms with Crippen molar-refractivity contribution < 1.29 is 9.84 Å². The molecular weight excluding hydrogens is 264 g/mol. The molecule has 0 amide bonds. The molecule has 0 aliphatic carbocycles. The first-order chi connectivity index (χ1) is 10.1. The van der Waals surface area contributed by atoms with Gasteiger partial charge in [-0.2, -0.15) is 0 Å². The van der Waals surface area contributed by atoms with Crippen molar-refractivity contribution in [1.29, 1.82) is 0 Å². The molecule has 4 heteroatoms. The zero-order valence-electron chi connectivity index (χ0n) is 13.0. The van der Waals surface area contributed by atoms with E-state index >= 15 is 0 Å². The minimum atomic E-state index is -0.654. The Morgan fingerprint density at radius 2 is 2.14 bits per heavy atom. The smallest absolute Gasteiger partial charge is 0.0656 e. The average molecular weight is 292 g/mol. The lowest BCUT2D eigenvalue weighted by Crippen LogP contribution is -2.44. The molecule has 0 aromatic heterocycles. The van der Waals surface area contributed by atoms with Gasteiger partial charge >= 0.3 is 0 Å². The van der Waals surface area contributed by atoms with Gasteiger partial charge in [-0.25, -0.2) is 0 Å². The zero-order valence-corrected chi connectivity index (χ0v) is 13.0. The largest absolute Gasteiger partial charge is 0.394 e. The van der Waals surface area contributed by atoms with Gasteiger partial charge in [-0.1, -0.05) is 30.3 Å². The topological polar surface area (TPSA) is 58.7 Å². The minimum Gasteiger partial charge on any atom is -0.394 e. The van der Waals surface area contributed by atoms with E-state index in [1.165, 1.54) is 12.8 Å². The molecule has 0 bridgehead atoms. The Morgan fingerprint density at radius 3 is 2.76 bits per heavy atom. The normalized spacial score (nSPS) is 22.2. The quantitative estimate of drug-likeness (QED) is 0.801. The van der Waals surface area contributed by atoms with Crippen LogP contribution in [-0.2, 0) is 10.3 Å². The summed E-state index contributed by atoms with van der Waals surface area (Å²) in [5, 5.41) is 9.71. The summed E-state index contributed by atoms with van der Waals surface area (Å²) in [6.45, 7) is 3.66. The van der Waals surface area contributed by atoms with Crippen molar-refractivity contribution in [3.63, 3.8) is 0 Å². The van der Waals surface area contributed by atoms with Crippen molar-refractivity contribution in [3.8, 4) is 0 Å². The predicted octanol–water partition coefficient (Wildman–Crippen LogP) is 1.58. The minimum absolute atomic E-state index is 0.0304. The second kappa shape index (κ2) is 7.90. The third kappa shape index (κ3) is 4.78. The zero-order chi connectivity index (χ0) is 15.1. The van der Waals surface area contributed by atoms with E-state index in [0.29, 0.717) is 5.92 Å². The highest BCUT2D eigenvalue weighted by Crippen LogP contribution is 2.22. The molecule has 1 heterocycles. The number of ether oxygens (including phenoxy) is 1. The van der Waals surface area contributed by atoms with Crippen LogP contribution >= 0.6 is 0 Å². The first kappa shape index (κ1) is 16.4. The summed E-state index contributed by atoms with van der Waals surface area (Å²) in [4.78, 5) is 2.31. The molecular formula is C17H28N2O2. The third-order valence-corrected chi connectivity index (χ3v) is 4.39. The molecule has 1 saturated heterocycles. The summed E-state index contributed by atoms with van der Waals surface area (Å²) in [6.07, 6.45) is 3.16. The maximum absolute atomic E-state index is 9.71. The standard InChI is InChI=1S/C17H28N2O2/c1-19(12-15-6-5-11-21-13-15)10-9-17(18,14-20)16-7-3-2-4-8-16/h2-4,7-8,15,20H,5-6,9-14,18H2,1H3. The van der Waals surface area contributed by atoms with Crippen molar-refractivity contribution in [1.82, 2.24) is 4.90 Å². The van der Waals surface area contributed by atoms with Gasteiger partial charge in [0.2, 0.25) is 0 Å². The van der Waals surface area contributed by atoms with Crippen LogP contribution in [0.15, 0.2) is 30.3 Å². The van der Waals surface area contributed by atoms with Gasteiger partial charge in [0.25, 0.3) is 0 Å². The van der Waals surface area contributed by atoms with Crippen LogP contribution in [0.25, 0.3) is 0 Å². The lowest BCUT2D eigenvalue weighted by molar-refractivity contribution is 0.0405. The molecule has 3 N–H and O–H groups in total. The molecule has 1 aromatic carbocycles. The second-order valence-corrected chi connectivity index (χ2v) is 6.28. The molecule has 21 heavy (non-hydrogen) atoms. The van der Waals surface area contributed by atoms with Gasteiger partial charge in [0.1, 0.15) is 0 Å². The van der Waals surface area contributed by atoms with E-state index in [1.54, 1.807) is 0 Å². The van der Waals surface area contributed by atoms with Crippen LogP contribution in [0, 0.1) is 5.92 Å². The van der Waals surface area contributed by atoms with Crippen LogP contribution in [0.1, 0.15) is 24.8 Å². The third-order valence-electron chi connectivity index (χ3n) is 4.39. The second-order valence-electron chi connectivity index (χ2n) is 6.28. The molecule has 1 fully saturated rings. The highest BCUT2D eigenvalue weighted by atomic mass is 16.5. The molecule has 2 rings (SSSR count). The number of benzene rings is 1. The summed E-state index contributed by atoms with van der Waals surface area (Å²) < 4.78 is 5.53. The van der Waals surface area contributed by atoms with Crippen molar-refractivity contribution in [2.75, 3.05) is 40.0 Å². The van der Waals surface area contributed by atoms with Crippen molar-refractivity contribution >= 4 is 0 Å². The lowest BCUT2D eigenvalue weighted by atomic mass is 9.88. The number of hydrogen-bond donors (Lipinski definition) is 2. The van der Waals surface area contributed by atoms with Gasteiger partial charge in [0, 0.05) is 19.7 Å². The van der Waals surface area contributed by atoms with Crippen LogP contribution < -0.4 is 5.73 Å². The van der Waals surface area contributed by atoms with Gasteiger partial charge in [-0.05, 0) is 37.8 Å². The molecule has 4 nitrogen and oxygen atoms in total. The Balaban J connectivity index is 1.84. The Labute approximate surface area is 127 Å². The lowest BCUT2D eigenvalue weighted by Gasteiger charge is -2.32. The van der Waals surface area contributed by atoms with E-state index < -0.39 is 5.54 Å². The number of nitrogens with zero attached hydrogens (tertiary/aromatic N) is 1. The maximum atomic E-state index is 9.71. The fourth-order valence-corrected chi connectivity index (χ4v) is 2.96. The summed E-state index contributed by atoms with van der Waals surface area (Å²) >= 11 is 0. The Kier molecular flexibility index (Phi) is 6.18. The molecule has 0 saturated carbocycles. The summed E-state index contributed by atoms with van der Waals surface area (Å²) in [5.41, 5.74) is 6.75. The molecule has 0 radical (unpaired) electrons. The first-order valence-corrected chi connectivity index (χ1v) is 7.85. The van der Waals surface area contributed by atoms with E-state index in [2.05, 4.69) is 11.9 Å². The van der Waals surface area contributed by atoms with E-state index in [4.69, 9.17) is 10.5 Å². The van der Waals surface area contributed by atoms with Gasteiger partial charge in [-0.3, -0.25) is 0 Å². The van der Waals surface area contributed by atoms with Crippen LogP contribution in [0.3, 0.4) is 0 Å². The number of nitrogens with two attached hydrogens (primary N) is 1. The fourth-order valence-electron chi connectivity index (χ4n) is 2.96. The molecule has 2 unspecified atom stereocenters. The Morgan fingerprint density at radius 1 is 1.38 bits per heavy atom. The van der Waals surface area contributed by atoms with Gasteiger partial charge in [-0.15, -0.1) is 0 Å². The van der Waals surface area contributed by atoms with Crippen LogP contribution in [0.4, 0.5) is 0 Å². The van der Waals surface area contributed by atoms with Crippen LogP contribution in [-0.4, -0.2) is 50.0 Å². The highest BCUT2D eigenvalue weighted by molar-refractivity contribution is 5.24. The van der Waals surface area contributed by atoms with Gasteiger partial charge in [0.15, 0.2) is 0 Å². The molecule has 2 atom stereocenters. The van der Waals surface area contributed by atoms with Crippen molar-refractivity contribution in [3.05, 3.63) is 35.9 Å². The summed E-state index contributed by atoms with van der Waals surface area (Å²) in [7, 11) is 2.12. The average Bonchev–Trinajstić information content (AvgIpc) is 2.54. The molecule has 1 aliphatic heterocycles. The number of hydrogen-bond acceptors (Lipinski definition) is 4. The number of rotatable bonds is 7. The van der Waals surface area contributed by atoms with Crippen LogP contribution in [0.5, 0.6) is 0 Å². The summed E-state index contributed by atoms with van der Waals surface area (Å²) in [6, 6.07) is 9.89. The highest BCUT2D eigenvalue weighted by Gasteiger charge is 2.27. The summed E-state index contributed by atoms with van der Waals surface area (Å²) in [5.74, 6) is 0.627. The van der Waals surface area contributed by atoms with E-state index in [0.717, 1.165) is 38.3 Å². The Hall–Kier alpha value is -0.940. The van der Waals surface area contributed by atoms with Crippen molar-refractivity contribution in [2.24, 2.45) is 11.7 Å². The first-order valence-electron chi connectivity index (χ1n) is 7.85. The number of aliphatic hydroxyl groups is 1. The van der Waals surface area contributed by atoms with Crippen molar-refractivity contribution in [2.45, 2.75) is 24.8 Å². The fraction of sp³-hybridized carbons (Fsp3) is 0.647. The van der Waals surface area contributed by atoms with Gasteiger partial charge < -0.3 is 20.5 Å². The molecule has 1 aromatic rings. The molecule has 0 spiro atoms. The van der Waals surface area contributed by atoms with Gasteiger partial charge in [0.05, 0.1) is 18.8 Å². The van der Waals surface area contributed by atoms with Crippen LogP contribution in [0.2, 0.25) is 0 Å². The maximum Gasteiger partial charge on any atom is 0.0656 e. The predicted molar refractivity (Wildman–Crippen MR) is 85.1 cm³/mol. The SMILES string of the molecule is CN(CCC(N)(CO)c1ccccc1)CC1CCCOC1. The Bertz CT molecular complexity index is 407. The molecule has 118 valence electrons. The van der Waals surface area contributed by atoms with E-state index in [9.17, 15) is 5.11 Å². The van der Waals surface area contributed by atoms with E-state index in [1.807, 2.05) is 30.3 Å². The van der Waals surface area contributed by atoms with E-state index in [-0.39, 0.29) is 6.61 Å². The monoisotopic (exact) mass is 292 g/mol.